The molecule has 0 saturated heterocycles. The number of para-hydroxylation sites is 1. The number of methoxy groups -OCH3 is 1. The molecule has 10 heteroatoms. The molecule has 1 amide bonds. The molecule has 0 bridgehead atoms. The number of carbonyl (C=O) groups excluding carboxylic acids is 1. The number of carbonyl (C=O) groups is 1. The predicted molar refractivity (Wildman–Crippen MR) is 108 cm³/mol. The fourth-order valence-electron chi connectivity index (χ4n) is 2.29. The number of halogens is 2. The number of aromatic nitrogens is 3. The van der Waals surface area contributed by atoms with Gasteiger partial charge in [0.2, 0.25) is 11.1 Å². The van der Waals surface area contributed by atoms with Gasteiger partial charge in [0.05, 0.1) is 28.5 Å². The third-order valence-electron chi connectivity index (χ3n) is 3.55. The second-order valence-corrected chi connectivity index (χ2v) is 7.10. The second-order valence-electron chi connectivity index (χ2n) is 5.34. The molecule has 3 aromatic rings. The van der Waals surface area contributed by atoms with Crippen LogP contribution in [0.5, 0.6) is 5.75 Å². The van der Waals surface area contributed by atoms with Crippen LogP contribution in [0.2, 0.25) is 10.0 Å². The van der Waals surface area contributed by atoms with E-state index in [1.54, 1.807) is 25.3 Å². The molecule has 0 atom stereocenters. The lowest BCUT2D eigenvalue weighted by Gasteiger charge is -2.08. The van der Waals surface area contributed by atoms with Gasteiger partial charge in [-0.15, -0.1) is 10.2 Å². The van der Waals surface area contributed by atoms with Crippen LogP contribution < -0.4 is 15.9 Å². The van der Waals surface area contributed by atoms with Crippen molar-refractivity contribution in [1.29, 1.82) is 0 Å². The minimum absolute atomic E-state index is 0.0987. The second kappa shape index (κ2) is 8.51. The molecule has 1 aromatic heterocycles. The molecular weight excluding hydrogens is 409 g/mol. The normalized spacial score (nSPS) is 10.6. The standard InChI is InChI=1S/C17H15Cl2N5O2S/c1-26-14-5-3-2-4-11(14)16-22-23-17(24(16)20)27-9-15(25)21-10-6-7-12(18)13(19)8-10/h2-8H,9,20H2,1H3,(H,21,25). The zero-order chi connectivity index (χ0) is 19.4. The summed E-state index contributed by atoms with van der Waals surface area (Å²) in [6, 6.07) is 12.2. The van der Waals surface area contributed by atoms with Crippen molar-refractivity contribution in [1.82, 2.24) is 14.9 Å². The molecule has 7 nitrogen and oxygen atoms in total. The van der Waals surface area contributed by atoms with E-state index in [0.717, 1.165) is 11.8 Å². The molecule has 2 aromatic carbocycles. The van der Waals surface area contributed by atoms with Crippen LogP contribution in [0.25, 0.3) is 11.4 Å². The Labute approximate surface area is 169 Å². The summed E-state index contributed by atoms with van der Waals surface area (Å²) in [7, 11) is 1.57. The first kappa shape index (κ1) is 19.3. The summed E-state index contributed by atoms with van der Waals surface area (Å²) < 4.78 is 6.65. The number of ether oxygens (including phenoxy) is 1. The molecule has 3 N–H and O–H groups in total. The number of nitrogens with zero attached hydrogens (tertiary/aromatic N) is 3. The molecule has 0 aliphatic rings. The Hall–Kier alpha value is -2.42. The van der Waals surface area contributed by atoms with Gasteiger partial charge in [0, 0.05) is 5.69 Å². The Kier molecular flexibility index (Phi) is 6.10. The molecule has 3 rings (SSSR count). The van der Waals surface area contributed by atoms with Gasteiger partial charge in [-0.1, -0.05) is 47.1 Å². The highest BCUT2D eigenvalue weighted by molar-refractivity contribution is 7.99. The first-order valence-corrected chi connectivity index (χ1v) is 9.45. The van der Waals surface area contributed by atoms with Crippen LogP contribution in [-0.2, 0) is 4.79 Å². The maximum absolute atomic E-state index is 12.1. The number of nitrogens with two attached hydrogens (primary N) is 1. The highest BCUT2D eigenvalue weighted by Crippen LogP contribution is 2.29. The molecule has 0 unspecified atom stereocenters. The van der Waals surface area contributed by atoms with Crippen molar-refractivity contribution in [3.63, 3.8) is 0 Å². The fourth-order valence-corrected chi connectivity index (χ4v) is 3.24. The lowest BCUT2D eigenvalue weighted by molar-refractivity contribution is -0.113. The Morgan fingerprint density at radius 3 is 2.74 bits per heavy atom. The van der Waals surface area contributed by atoms with E-state index in [4.69, 9.17) is 33.8 Å². The van der Waals surface area contributed by atoms with Crippen LogP contribution in [-0.4, -0.2) is 33.6 Å². The molecule has 0 radical (unpaired) electrons. The summed E-state index contributed by atoms with van der Waals surface area (Å²) in [4.78, 5) is 12.1. The number of anilines is 1. The summed E-state index contributed by atoms with van der Waals surface area (Å²) in [5.41, 5.74) is 1.26. The number of rotatable bonds is 6. The molecule has 0 saturated carbocycles. The smallest absolute Gasteiger partial charge is 0.234 e. The lowest BCUT2D eigenvalue weighted by atomic mass is 10.2. The maximum atomic E-state index is 12.1. The Morgan fingerprint density at radius 1 is 1.22 bits per heavy atom. The van der Waals surface area contributed by atoms with Gasteiger partial charge in [-0.25, -0.2) is 4.68 Å². The third-order valence-corrected chi connectivity index (χ3v) is 5.23. The summed E-state index contributed by atoms with van der Waals surface area (Å²) in [5.74, 6) is 7.02. The Morgan fingerprint density at radius 2 is 2.00 bits per heavy atom. The third kappa shape index (κ3) is 4.47. The highest BCUT2D eigenvalue weighted by atomic mass is 35.5. The van der Waals surface area contributed by atoms with E-state index < -0.39 is 0 Å². The van der Waals surface area contributed by atoms with Gasteiger partial charge in [-0.2, -0.15) is 0 Å². The van der Waals surface area contributed by atoms with Gasteiger partial charge in [0.15, 0.2) is 5.82 Å². The van der Waals surface area contributed by atoms with Crippen molar-refractivity contribution in [3.8, 4) is 17.1 Å². The Balaban J connectivity index is 1.67. The number of hydrogen-bond donors (Lipinski definition) is 2. The molecule has 27 heavy (non-hydrogen) atoms. The predicted octanol–water partition coefficient (Wildman–Crippen LogP) is 3.71. The molecule has 0 aliphatic carbocycles. The van der Waals surface area contributed by atoms with E-state index in [-0.39, 0.29) is 11.7 Å². The van der Waals surface area contributed by atoms with E-state index in [9.17, 15) is 4.79 Å². The van der Waals surface area contributed by atoms with Gasteiger partial charge >= 0.3 is 0 Å². The zero-order valence-electron chi connectivity index (χ0n) is 14.1. The van der Waals surface area contributed by atoms with Crippen molar-refractivity contribution in [2.24, 2.45) is 0 Å². The summed E-state index contributed by atoms with van der Waals surface area (Å²) >= 11 is 13.0. The quantitative estimate of drug-likeness (QED) is 0.463. The van der Waals surface area contributed by atoms with Gasteiger partial charge < -0.3 is 15.9 Å². The monoisotopic (exact) mass is 423 g/mol. The number of benzene rings is 2. The summed E-state index contributed by atoms with van der Waals surface area (Å²) in [5, 5.41) is 12.1. The van der Waals surface area contributed by atoms with Gasteiger partial charge in [-0.05, 0) is 30.3 Å². The van der Waals surface area contributed by atoms with Crippen LogP contribution in [0.15, 0.2) is 47.6 Å². The summed E-state index contributed by atoms with van der Waals surface area (Å²) in [6.07, 6.45) is 0. The Bertz CT molecular complexity index is 980. The average molecular weight is 424 g/mol. The molecule has 0 spiro atoms. The van der Waals surface area contributed by atoms with E-state index in [2.05, 4.69) is 15.5 Å². The van der Waals surface area contributed by atoms with Crippen molar-refractivity contribution in [2.45, 2.75) is 5.16 Å². The van der Waals surface area contributed by atoms with E-state index >= 15 is 0 Å². The number of amides is 1. The number of hydrogen-bond acceptors (Lipinski definition) is 6. The van der Waals surface area contributed by atoms with Gasteiger partial charge in [0.1, 0.15) is 5.75 Å². The van der Waals surface area contributed by atoms with Crippen LogP contribution in [0.3, 0.4) is 0 Å². The van der Waals surface area contributed by atoms with E-state index in [1.807, 2.05) is 24.3 Å². The first-order valence-electron chi connectivity index (χ1n) is 7.71. The lowest BCUT2D eigenvalue weighted by Crippen LogP contribution is -2.16. The summed E-state index contributed by atoms with van der Waals surface area (Å²) in [6.45, 7) is 0. The maximum Gasteiger partial charge on any atom is 0.234 e. The zero-order valence-corrected chi connectivity index (χ0v) is 16.5. The first-order chi connectivity index (χ1) is 13.0. The number of nitrogen functional groups attached to an aromatic ring is 1. The van der Waals surface area contributed by atoms with Crippen LogP contribution >= 0.6 is 35.0 Å². The van der Waals surface area contributed by atoms with Crippen molar-refractivity contribution < 1.29 is 9.53 Å². The van der Waals surface area contributed by atoms with Crippen molar-refractivity contribution in [3.05, 3.63) is 52.5 Å². The van der Waals surface area contributed by atoms with Crippen LogP contribution in [0.4, 0.5) is 5.69 Å². The molecule has 0 aliphatic heterocycles. The molecule has 1 heterocycles. The average Bonchev–Trinajstić information content (AvgIpc) is 3.03. The minimum atomic E-state index is -0.236. The molecular formula is C17H15Cl2N5O2S. The van der Waals surface area contributed by atoms with Gasteiger partial charge in [0.25, 0.3) is 0 Å². The molecule has 0 fully saturated rings. The largest absolute Gasteiger partial charge is 0.496 e. The van der Waals surface area contributed by atoms with E-state index in [1.165, 1.54) is 4.68 Å². The van der Waals surface area contributed by atoms with Crippen LogP contribution in [0.1, 0.15) is 0 Å². The minimum Gasteiger partial charge on any atom is -0.496 e. The van der Waals surface area contributed by atoms with Crippen molar-refractivity contribution >= 4 is 46.6 Å². The van der Waals surface area contributed by atoms with Crippen molar-refractivity contribution in [2.75, 3.05) is 24.0 Å². The number of thioether (sulfide) groups is 1. The van der Waals surface area contributed by atoms with E-state index in [0.29, 0.717) is 38.0 Å². The number of nitrogens with one attached hydrogen (secondary N) is 1. The van der Waals surface area contributed by atoms with Crippen LogP contribution in [0, 0.1) is 0 Å². The SMILES string of the molecule is COc1ccccc1-c1nnc(SCC(=O)Nc2ccc(Cl)c(Cl)c2)n1N. The fraction of sp³-hybridized carbons (Fsp3) is 0.118. The topological polar surface area (TPSA) is 95.1 Å². The van der Waals surface area contributed by atoms with Gasteiger partial charge in [-0.3, -0.25) is 4.79 Å². The highest BCUT2D eigenvalue weighted by Gasteiger charge is 2.16. The molecule has 140 valence electrons.